The monoisotopic (exact) mass is 542 g/mol. The zero-order valence-corrected chi connectivity index (χ0v) is 22.2. The first-order valence-corrected chi connectivity index (χ1v) is 11.8. The van der Waals surface area contributed by atoms with E-state index in [1.54, 1.807) is 20.0 Å². The molecule has 0 unspecified atom stereocenters. The van der Waals surface area contributed by atoms with Crippen molar-refractivity contribution in [2.24, 2.45) is 10.7 Å². The molecule has 38 heavy (non-hydrogen) atoms. The summed E-state index contributed by atoms with van der Waals surface area (Å²) in [5, 5.41) is 8.80. The number of halogens is 3. The molecule has 0 aliphatic heterocycles. The lowest BCUT2D eigenvalue weighted by molar-refractivity contribution is 0.480. The average molecular weight is 543 g/mol. The lowest BCUT2D eigenvalue weighted by Gasteiger charge is -2.15. The van der Waals surface area contributed by atoms with E-state index >= 15 is 0 Å². The van der Waals surface area contributed by atoms with Crippen molar-refractivity contribution >= 4 is 42.0 Å². The zero-order chi connectivity index (χ0) is 28.2. The van der Waals surface area contributed by atoms with Crippen molar-refractivity contribution in [3.8, 4) is 11.1 Å². The van der Waals surface area contributed by atoms with E-state index in [-0.39, 0.29) is 28.6 Å². The maximum absolute atomic E-state index is 14.8. The van der Waals surface area contributed by atoms with Crippen LogP contribution in [0.1, 0.15) is 20.8 Å². The van der Waals surface area contributed by atoms with E-state index in [1.807, 2.05) is 13.8 Å². The normalized spacial score (nSPS) is 11.6. The number of nitrogens with zero attached hydrogens (tertiary/aromatic N) is 4. The van der Waals surface area contributed by atoms with Crippen molar-refractivity contribution < 1.29 is 13.2 Å². The molecule has 2 aromatic heterocycles. The molecule has 2 heterocycles. The number of hydrogen-bond donors (Lipinski definition) is 5. The van der Waals surface area contributed by atoms with Gasteiger partial charge in [-0.2, -0.15) is 9.37 Å². The Morgan fingerprint density at radius 3 is 2.45 bits per heavy atom. The highest BCUT2D eigenvalue weighted by molar-refractivity contribution is 7.84. The second-order valence-electron chi connectivity index (χ2n) is 7.34. The number of nitrogens with one attached hydrogen (secondary N) is 3. The van der Waals surface area contributed by atoms with Crippen molar-refractivity contribution in [2.75, 3.05) is 23.0 Å². The first-order chi connectivity index (χ1) is 18.2. The minimum absolute atomic E-state index is 0.0468. The van der Waals surface area contributed by atoms with E-state index in [9.17, 15) is 13.2 Å². The average Bonchev–Trinajstić information content (AvgIpc) is 2.88. The highest BCUT2D eigenvalue weighted by atomic mass is 32.1. The van der Waals surface area contributed by atoms with Crippen molar-refractivity contribution in [1.29, 1.82) is 0 Å². The van der Waals surface area contributed by atoms with Crippen LogP contribution in [-0.4, -0.2) is 28.2 Å². The molecule has 0 spiro atoms. The number of anilines is 4. The fourth-order valence-electron chi connectivity index (χ4n) is 3.00. The largest absolute Gasteiger partial charge is 0.403 e. The minimum atomic E-state index is -1.25. The van der Waals surface area contributed by atoms with Crippen LogP contribution in [0.3, 0.4) is 0 Å². The summed E-state index contributed by atoms with van der Waals surface area (Å²) in [7, 11) is 1.56. The van der Waals surface area contributed by atoms with Gasteiger partial charge in [0.25, 0.3) is 0 Å². The van der Waals surface area contributed by atoms with Crippen LogP contribution in [0.4, 0.5) is 36.3 Å². The van der Waals surface area contributed by atoms with E-state index in [0.717, 1.165) is 17.2 Å². The van der Waals surface area contributed by atoms with Gasteiger partial charge in [-0.05, 0) is 42.2 Å². The molecule has 0 radical (unpaired) electrons. The fraction of sp³-hybridized carbons (Fsp3) is 0.154. The van der Waals surface area contributed by atoms with Crippen molar-refractivity contribution in [1.82, 2.24) is 15.0 Å². The molecule has 12 heteroatoms. The van der Waals surface area contributed by atoms with Crippen LogP contribution in [-0.2, 0) is 0 Å². The summed E-state index contributed by atoms with van der Waals surface area (Å²) in [6.45, 7) is 9.67. The summed E-state index contributed by atoms with van der Waals surface area (Å²) in [5.74, 6) is -2.82. The number of pyridine rings is 1. The van der Waals surface area contributed by atoms with Gasteiger partial charge < -0.3 is 21.7 Å². The van der Waals surface area contributed by atoms with Crippen molar-refractivity contribution in [2.45, 2.75) is 20.8 Å². The Bertz CT molecular complexity index is 1370. The fourth-order valence-corrected chi connectivity index (χ4v) is 3.16. The summed E-state index contributed by atoms with van der Waals surface area (Å²) >= 11 is 4.21. The molecule has 0 atom stereocenters. The molecule has 0 aliphatic carbocycles. The van der Waals surface area contributed by atoms with Gasteiger partial charge in [-0.1, -0.05) is 20.4 Å². The number of nitrogens with two attached hydrogens (primary N) is 1. The third-order valence-electron chi connectivity index (χ3n) is 4.51. The topological polar surface area (TPSA) is 113 Å². The zero-order valence-electron chi connectivity index (χ0n) is 21.4. The number of rotatable bonds is 9. The molecule has 1 aromatic carbocycles. The molecule has 5 N–H and O–H groups in total. The molecule has 0 fully saturated rings. The van der Waals surface area contributed by atoms with Gasteiger partial charge in [-0.3, -0.25) is 4.99 Å². The summed E-state index contributed by atoms with van der Waals surface area (Å²) in [6.07, 6.45) is 6.89. The van der Waals surface area contributed by atoms with Crippen LogP contribution in [0, 0.1) is 17.6 Å². The molecular weight excluding hydrogens is 513 g/mol. The Labute approximate surface area is 225 Å². The second kappa shape index (κ2) is 14.4. The van der Waals surface area contributed by atoms with Gasteiger partial charge in [0.1, 0.15) is 11.6 Å². The van der Waals surface area contributed by atoms with Gasteiger partial charge in [0.05, 0.1) is 11.4 Å². The summed E-state index contributed by atoms with van der Waals surface area (Å²) < 4.78 is 42.1. The van der Waals surface area contributed by atoms with Gasteiger partial charge in [-0.15, -0.1) is 12.6 Å². The molecule has 200 valence electrons. The minimum Gasteiger partial charge on any atom is -0.403 e. The molecular formula is C26H29F3N8S. The van der Waals surface area contributed by atoms with Crippen LogP contribution >= 0.6 is 12.6 Å². The molecule has 3 rings (SSSR count). The van der Waals surface area contributed by atoms with Crippen LogP contribution in [0.25, 0.3) is 11.1 Å². The standard InChI is InChI=1S/C24H23F3N8S.C2H6/c1-13(6-14(2)36)32-16-4-5-19(25)21(8-16)34-23-18(15-7-20(26)22(27)30-10-15)12-31-24(35-23)33-17(9-28)11-29-3;1-2/h4-12,32,36H,1,28H2,2-3H3,(H2,31,33,34,35);1-2H3/b14-6+,17-9+,29-11?;. The Balaban J connectivity index is 0.00000247. The highest BCUT2D eigenvalue weighted by Crippen LogP contribution is 2.31. The first-order valence-electron chi connectivity index (χ1n) is 11.4. The van der Waals surface area contributed by atoms with E-state index in [1.165, 1.54) is 36.8 Å². The van der Waals surface area contributed by atoms with Gasteiger partial charge in [0, 0.05) is 54.4 Å². The summed E-state index contributed by atoms with van der Waals surface area (Å²) in [4.78, 5) is 16.6. The number of aliphatic imine (C=N–C) groups is 1. The second-order valence-corrected chi connectivity index (χ2v) is 8.05. The molecule has 3 aromatic rings. The van der Waals surface area contributed by atoms with Crippen LogP contribution in [0.2, 0.25) is 0 Å². The summed E-state index contributed by atoms with van der Waals surface area (Å²) in [5.41, 5.74) is 7.51. The highest BCUT2D eigenvalue weighted by Gasteiger charge is 2.15. The van der Waals surface area contributed by atoms with Gasteiger partial charge in [0.2, 0.25) is 11.9 Å². The van der Waals surface area contributed by atoms with E-state index in [2.05, 4.69) is 55.1 Å². The third kappa shape index (κ3) is 8.37. The maximum Gasteiger partial charge on any atom is 0.248 e. The Morgan fingerprint density at radius 1 is 1.08 bits per heavy atom. The van der Waals surface area contributed by atoms with Crippen LogP contribution in [0.5, 0.6) is 0 Å². The SMILES string of the molecule is C=C(/C=C(\C)S)Nc1ccc(F)c(Nc2nc(N/C(C=NC)=C/N)ncc2-c2cnc(F)c(F)c2)c1.CC. The lowest BCUT2D eigenvalue weighted by Crippen LogP contribution is -2.09. The Morgan fingerprint density at radius 2 is 1.82 bits per heavy atom. The predicted molar refractivity (Wildman–Crippen MR) is 152 cm³/mol. The van der Waals surface area contributed by atoms with Crippen LogP contribution < -0.4 is 21.7 Å². The Kier molecular flexibility index (Phi) is 11.4. The van der Waals surface area contributed by atoms with Gasteiger partial charge in [0.15, 0.2) is 5.82 Å². The molecule has 0 saturated carbocycles. The molecule has 0 amide bonds. The molecule has 0 bridgehead atoms. The predicted octanol–water partition coefficient (Wildman–Crippen LogP) is 6.40. The number of hydrogen-bond acceptors (Lipinski definition) is 9. The smallest absolute Gasteiger partial charge is 0.248 e. The first kappa shape index (κ1) is 29.9. The molecule has 0 aliphatic rings. The number of aromatic nitrogens is 3. The third-order valence-corrected chi connectivity index (χ3v) is 4.64. The number of benzene rings is 1. The van der Waals surface area contributed by atoms with Crippen molar-refractivity contribution in [3.63, 3.8) is 0 Å². The number of thiol groups is 1. The lowest BCUT2D eigenvalue weighted by atomic mass is 10.1. The van der Waals surface area contributed by atoms with Gasteiger partial charge >= 0.3 is 0 Å². The van der Waals surface area contributed by atoms with E-state index in [4.69, 9.17) is 5.73 Å². The van der Waals surface area contributed by atoms with Crippen molar-refractivity contribution in [3.05, 3.63) is 89.4 Å². The molecule has 0 saturated heterocycles. The Hall–Kier alpha value is -4.32. The summed E-state index contributed by atoms with van der Waals surface area (Å²) in [6, 6.07) is 5.22. The molecule has 8 nitrogen and oxygen atoms in total. The van der Waals surface area contributed by atoms with Gasteiger partial charge in [-0.25, -0.2) is 18.7 Å². The quantitative estimate of drug-likeness (QED) is 0.0921. The van der Waals surface area contributed by atoms with E-state index < -0.39 is 17.6 Å². The maximum atomic E-state index is 14.8. The van der Waals surface area contributed by atoms with Crippen LogP contribution in [0.15, 0.2) is 76.8 Å². The van der Waals surface area contributed by atoms with E-state index in [0.29, 0.717) is 17.1 Å². The number of allylic oxidation sites excluding steroid dienone is 3.